The number of hydrogen-bond donors (Lipinski definition) is 2. The zero-order chi connectivity index (χ0) is 22.5. The summed E-state index contributed by atoms with van der Waals surface area (Å²) in [5.74, 6) is -0.779. The fourth-order valence-electron chi connectivity index (χ4n) is 2.59. The van der Waals surface area contributed by atoms with Gasteiger partial charge in [0.2, 0.25) is 10.0 Å². The lowest BCUT2D eigenvalue weighted by Gasteiger charge is -2.19. The van der Waals surface area contributed by atoms with E-state index in [2.05, 4.69) is 26.1 Å². The lowest BCUT2D eigenvalue weighted by molar-refractivity contribution is -0.123. The largest absolute Gasteiger partial charge is 0.484 e. The van der Waals surface area contributed by atoms with Crippen molar-refractivity contribution in [2.45, 2.75) is 32.7 Å². The van der Waals surface area contributed by atoms with Gasteiger partial charge in [-0.3, -0.25) is 9.52 Å². The maximum atomic E-state index is 14.2. The topological polar surface area (TPSA) is 108 Å². The summed E-state index contributed by atoms with van der Waals surface area (Å²) in [6.07, 6.45) is 0.860. The molecule has 7 nitrogen and oxygen atoms in total. The monoisotopic (exact) mass is 433 g/mol. The number of nitrogens with one attached hydrogen (secondary N) is 2. The highest BCUT2D eigenvalue weighted by Gasteiger charge is 2.16. The Hall–Kier alpha value is -3.12. The first kappa shape index (κ1) is 23.2. The summed E-state index contributed by atoms with van der Waals surface area (Å²) in [6.45, 7) is 6.02. The van der Waals surface area contributed by atoms with Crippen molar-refractivity contribution < 1.29 is 22.3 Å². The fraction of sp³-hybridized carbons (Fsp3) is 0.333. The molecule has 0 radical (unpaired) electrons. The van der Waals surface area contributed by atoms with E-state index in [9.17, 15) is 17.6 Å². The van der Waals surface area contributed by atoms with E-state index in [0.717, 1.165) is 17.9 Å². The number of anilines is 1. The molecule has 0 fully saturated rings. The molecule has 160 valence electrons. The summed E-state index contributed by atoms with van der Waals surface area (Å²) in [7, 11) is -3.74. The number of carbonyl (C=O) groups is 1. The smallest absolute Gasteiger partial charge is 0.258 e. The number of nitrogens with zero attached hydrogens (tertiary/aromatic N) is 1. The summed E-state index contributed by atoms with van der Waals surface area (Å²) in [5, 5.41) is 11.7. The number of hydrogen-bond acceptors (Lipinski definition) is 5. The van der Waals surface area contributed by atoms with E-state index in [4.69, 9.17) is 10.00 Å². The number of benzene rings is 2. The maximum Gasteiger partial charge on any atom is 0.258 e. The van der Waals surface area contributed by atoms with Crippen molar-refractivity contribution in [3.63, 3.8) is 0 Å². The third-order valence-electron chi connectivity index (χ3n) is 4.14. The minimum absolute atomic E-state index is 0.0137. The molecule has 30 heavy (non-hydrogen) atoms. The van der Waals surface area contributed by atoms with E-state index < -0.39 is 27.4 Å². The van der Waals surface area contributed by atoms with Crippen LogP contribution in [0.4, 0.5) is 10.1 Å². The van der Waals surface area contributed by atoms with Crippen LogP contribution in [0.5, 0.6) is 5.75 Å². The lowest BCUT2D eigenvalue weighted by Crippen LogP contribution is -2.28. The third kappa shape index (κ3) is 6.74. The second kappa shape index (κ2) is 9.13. The van der Waals surface area contributed by atoms with Crippen LogP contribution in [0, 0.1) is 17.1 Å². The number of rotatable bonds is 7. The molecule has 0 aromatic heterocycles. The molecule has 0 aliphatic carbocycles. The summed E-state index contributed by atoms with van der Waals surface area (Å²) in [5.41, 5.74) is 0.867. The number of sulfonamides is 1. The van der Waals surface area contributed by atoms with E-state index in [-0.39, 0.29) is 24.1 Å². The number of ether oxygens (including phenoxy) is 1. The normalized spacial score (nSPS) is 11.5. The number of nitriles is 1. The van der Waals surface area contributed by atoms with Crippen LogP contribution in [-0.2, 0) is 26.8 Å². The zero-order valence-corrected chi connectivity index (χ0v) is 18.1. The maximum absolute atomic E-state index is 14.2. The van der Waals surface area contributed by atoms with Gasteiger partial charge in [0.15, 0.2) is 6.61 Å². The van der Waals surface area contributed by atoms with Gasteiger partial charge in [-0.2, -0.15) is 5.26 Å². The second-order valence-electron chi connectivity index (χ2n) is 7.83. The first-order valence-electron chi connectivity index (χ1n) is 9.09. The van der Waals surface area contributed by atoms with E-state index in [1.165, 1.54) is 6.07 Å². The summed E-state index contributed by atoms with van der Waals surface area (Å²) >= 11 is 0. The quantitative estimate of drug-likeness (QED) is 0.698. The standard InChI is InChI=1S/C21H24FN3O4S/c1-21(2,3)16-5-7-17(8-6-16)29-13-19(26)24-12-14-9-15(11-23)20(18(22)10-14)25-30(4,27)28/h5-10,25H,12-13H2,1-4H3,(H,24,26). The van der Waals surface area contributed by atoms with Crippen molar-refractivity contribution in [1.29, 1.82) is 5.26 Å². The lowest BCUT2D eigenvalue weighted by atomic mass is 9.87. The first-order chi connectivity index (χ1) is 13.9. The van der Waals surface area contributed by atoms with Crippen molar-refractivity contribution in [1.82, 2.24) is 5.32 Å². The van der Waals surface area contributed by atoms with Crippen molar-refractivity contribution in [2.24, 2.45) is 0 Å². The van der Waals surface area contributed by atoms with Crippen LogP contribution in [0.15, 0.2) is 36.4 Å². The number of amides is 1. The molecule has 0 spiro atoms. The first-order valence-corrected chi connectivity index (χ1v) is 11.0. The summed E-state index contributed by atoms with van der Waals surface area (Å²) in [4.78, 5) is 12.0. The van der Waals surface area contributed by atoms with Crippen molar-refractivity contribution in [3.8, 4) is 11.8 Å². The Kier molecular flexibility index (Phi) is 7.05. The Morgan fingerprint density at radius 1 is 1.20 bits per heavy atom. The fourth-order valence-corrected chi connectivity index (χ4v) is 3.17. The number of halogens is 1. The molecule has 1 amide bonds. The van der Waals surface area contributed by atoms with Gasteiger partial charge in [0.05, 0.1) is 11.8 Å². The molecule has 0 unspecified atom stereocenters. The van der Waals surface area contributed by atoms with E-state index in [1.807, 2.05) is 16.9 Å². The van der Waals surface area contributed by atoms with Crippen LogP contribution in [-0.4, -0.2) is 27.2 Å². The zero-order valence-electron chi connectivity index (χ0n) is 17.2. The van der Waals surface area contributed by atoms with E-state index >= 15 is 0 Å². The van der Waals surface area contributed by atoms with Crippen LogP contribution in [0.3, 0.4) is 0 Å². The Morgan fingerprint density at radius 3 is 2.37 bits per heavy atom. The Morgan fingerprint density at radius 2 is 1.83 bits per heavy atom. The Bertz CT molecular complexity index is 1070. The Balaban J connectivity index is 1.96. The molecule has 0 heterocycles. The minimum Gasteiger partial charge on any atom is -0.484 e. The van der Waals surface area contributed by atoms with Crippen LogP contribution in [0.2, 0.25) is 0 Å². The van der Waals surface area contributed by atoms with Gasteiger partial charge in [-0.1, -0.05) is 32.9 Å². The van der Waals surface area contributed by atoms with Crippen molar-refractivity contribution in [3.05, 3.63) is 58.9 Å². The highest BCUT2D eigenvalue weighted by Crippen LogP contribution is 2.24. The molecule has 2 rings (SSSR count). The molecule has 2 aromatic carbocycles. The van der Waals surface area contributed by atoms with Gasteiger partial charge < -0.3 is 10.1 Å². The molecule has 2 aromatic rings. The molecule has 2 N–H and O–H groups in total. The van der Waals surface area contributed by atoms with Crippen LogP contribution >= 0.6 is 0 Å². The summed E-state index contributed by atoms with van der Waals surface area (Å²) in [6, 6.07) is 11.6. The van der Waals surface area contributed by atoms with Gasteiger partial charge in [0.1, 0.15) is 23.3 Å². The highest BCUT2D eigenvalue weighted by atomic mass is 32.2. The molecular weight excluding hydrogens is 409 g/mol. The predicted octanol–water partition coefficient (Wildman–Crippen LogP) is 3.06. The average Bonchev–Trinajstić information content (AvgIpc) is 2.65. The molecule has 0 aliphatic heterocycles. The van der Waals surface area contributed by atoms with Gasteiger partial charge >= 0.3 is 0 Å². The Labute approximate surface area is 175 Å². The molecule has 0 atom stereocenters. The van der Waals surface area contributed by atoms with Crippen LogP contribution < -0.4 is 14.8 Å². The van der Waals surface area contributed by atoms with Crippen LogP contribution in [0.1, 0.15) is 37.5 Å². The van der Waals surface area contributed by atoms with Crippen molar-refractivity contribution >= 4 is 21.6 Å². The molecule has 0 aliphatic rings. The van der Waals surface area contributed by atoms with E-state index in [1.54, 1.807) is 18.2 Å². The molecule has 9 heteroatoms. The van der Waals surface area contributed by atoms with Crippen LogP contribution in [0.25, 0.3) is 0 Å². The predicted molar refractivity (Wildman–Crippen MR) is 112 cm³/mol. The third-order valence-corrected chi connectivity index (χ3v) is 4.71. The SMILES string of the molecule is CC(C)(C)c1ccc(OCC(=O)NCc2cc(F)c(NS(C)(=O)=O)c(C#N)c2)cc1. The van der Waals surface area contributed by atoms with Crippen molar-refractivity contribution in [2.75, 3.05) is 17.6 Å². The van der Waals surface area contributed by atoms with Gasteiger partial charge in [-0.05, 0) is 40.8 Å². The molecule has 0 bridgehead atoms. The van der Waals surface area contributed by atoms with Gasteiger partial charge in [0.25, 0.3) is 5.91 Å². The second-order valence-corrected chi connectivity index (χ2v) is 9.57. The van der Waals surface area contributed by atoms with Gasteiger partial charge in [0, 0.05) is 6.54 Å². The summed E-state index contributed by atoms with van der Waals surface area (Å²) < 4.78 is 44.3. The van der Waals surface area contributed by atoms with E-state index in [0.29, 0.717) is 11.3 Å². The average molecular weight is 434 g/mol. The molecular formula is C21H24FN3O4S. The molecule has 0 saturated heterocycles. The molecule has 0 saturated carbocycles. The minimum atomic E-state index is -3.74. The van der Waals surface area contributed by atoms with Gasteiger partial charge in [-0.25, -0.2) is 12.8 Å². The van der Waals surface area contributed by atoms with Gasteiger partial charge in [-0.15, -0.1) is 0 Å². The number of carbonyl (C=O) groups excluding carboxylic acids is 1. The highest BCUT2D eigenvalue weighted by molar-refractivity contribution is 7.92.